The van der Waals surface area contributed by atoms with Gasteiger partial charge in [-0.3, -0.25) is 4.90 Å². The Hall–Kier alpha value is -1.89. The van der Waals surface area contributed by atoms with Crippen molar-refractivity contribution in [2.75, 3.05) is 19.6 Å². The molecular formula is C21H25NO4S. The first kappa shape index (κ1) is 18.5. The second kappa shape index (κ2) is 7.26. The van der Waals surface area contributed by atoms with Gasteiger partial charge in [-0.15, -0.1) is 0 Å². The predicted molar refractivity (Wildman–Crippen MR) is 103 cm³/mol. The maximum Gasteiger partial charge on any atom is 0.182 e. The van der Waals surface area contributed by atoms with Gasteiger partial charge in [-0.1, -0.05) is 24.3 Å². The minimum Gasteiger partial charge on any atom is -0.508 e. The van der Waals surface area contributed by atoms with Crippen molar-refractivity contribution < 1.29 is 18.6 Å². The van der Waals surface area contributed by atoms with Crippen LogP contribution in [0.15, 0.2) is 53.4 Å². The van der Waals surface area contributed by atoms with Gasteiger partial charge in [-0.25, -0.2) is 8.42 Å². The van der Waals surface area contributed by atoms with Crippen LogP contribution in [-0.4, -0.2) is 54.5 Å². The zero-order valence-electron chi connectivity index (χ0n) is 15.2. The van der Waals surface area contributed by atoms with Gasteiger partial charge in [0, 0.05) is 13.1 Å². The molecule has 6 heteroatoms. The Kier molecular flexibility index (Phi) is 4.97. The third-order valence-corrected chi connectivity index (χ3v) is 8.10. The molecule has 0 aromatic heterocycles. The zero-order chi connectivity index (χ0) is 19.0. The van der Waals surface area contributed by atoms with Crippen molar-refractivity contribution in [3.63, 3.8) is 0 Å². The molecule has 1 aliphatic heterocycles. The van der Waals surface area contributed by atoms with Crippen molar-refractivity contribution in [3.05, 3.63) is 59.7 Å². The lowest BCUT2D eigenvalue weighted by Crippen LogP contribution is -2.37. The van der Waals surface area contributed by atoms with Crippen LogP contribution in [-0.2, 0) is 22.7 Å². The smallest absolute Gasteiger partial charge is 0.182 e. The number of likely N-dealkylation sites (tertiary alicyclic amines) is 1. The maximum atomic E-state index is 12.8. The number of hydrogen-bond acceptors (Lipinski definition) is 5. The summed E-state index contributed by atoms with van der Waals surface area (Å²) in [4.78, 5) is 2.31. The van der Waals surface area contributed by atoms with E-state index in [4.69, 9.17) is 0 Å². The van der Waals surface area contributed by atoms with Gasteiger partial charge in [-0.2, -0.15) is 0 Å². The molecule has 0 unspecified atom stereocenters. The van der Waals surface area contributed by atoms with Gasteiger partial charge in [-0.05, 0) is 67.1 Å². The van der Waals surface area contributed by atoms with Crippen LogP contribution in [0.1, 0.15) is 17.5 Å². The largest absolute Gasteiger partial charge is 0.508 e. The van der Waals surface area contributed by atoms with Gasteiger partial charge in [0.2, 0.25) is 0 Å². The minimum atomic E-state index is -3.42. The Bertz CT molecular complexity index is 885. The molecule has 0 saturated carbocycles. The number of benzene rings is 2. The van der Waals surface area contributed by atoms with Crippen LogP contribution in [0.3, 0.4) is 0 Å². The molecule has 2 N–H and O–H groups in total. The molecular weight excluding hydrogens is 362 g/mol. The van der Waals surface area contributed by atoms with E-state index in [9.17, 15) is 18.6 Å². The third kappa shape index (κ3) is 3.74. The molecule has 1 heterocycles. The lowest BCUT2D eigenvalue weighted by molar-refractivity contribution is 0.0754. The van der Waals surface area contributed by atoms with Crippen LogP contribution in [0.2, 0.25) is 0 Å². The Morgan fingerprint density at radius 1 is 1.04 bits per heavy atom. The molecule has 1 fully saturated rings. The highest BCUT2D eigenvalue weighted by Crippen LogP contribution is 2.30. The van der Waals surface area contributed by atoms with Gasteiger partial charge in [0.05, 0.1) is 16.2 Å². The number of sulfone groups is 1. The molecule has 27 heavy (non-hydrogen) atoms. The standard InChI is InChI=1S/C21H25NO4S/c23-18-5-7-19(8-6-18)27(25,26)20-9-10-22(13-20)14-21(24)17-11-15-3-1-2-4-16(15)12-17/h1-8,17,20-21,23-24H,9-14H2/t20-,21+/m0/s1. The van der Waals surface area contributed by atoms with E-state index in [0.29, 0.717) is 26.1 Å². The van der Waals surface area contributed by atoms with Crippen LogP contribution in [0.25, 0.3) is 0 Å². The van der Waals surface area contributed by atoms with Gasteiger partial charge in [0.1, 0.15) is 5.75 Å². The number of hydrogen-bond donors (Lipinski definition) is 2. The van der Waals surface area contributed by atoms with Crippen molar-refractivity contribution in [2.45, 2.75) is 35.5 Å². The molecule has 2 aromatic carbocycles. The van der Waals surface area contributed by atoms with E-state index >= 15 is 0 Å². The fourth-order valence-electron chi connectivity index (χ4n) is 4.32. The highest BCUT2D eigenvalue weighted by molar-refractivity contribution is 7.92. The average molecular weight is 388 g/mol. The Morgan fingerprint density at radius 3 is 2.30 bits per heavy atom. The molecule has 0 spiro atoms. The lowest BCUT2D eigenvalue weighted by Gasteiger charge is -2.24. The number of aliphatic hydroxyl groups excluding tert-OH is 1. The SMILES string of the molecule is O=S(=O)(c1ccc(O)cc1)[C@H]1CCN(C[C@@H](O)C2Cc3ccccc3C2)C1. The minimum absolute atomic E-state index is 0.0580. The van der Waals surface area contributed by atoms with E-state index in [1.165, 1.54) is 35.4 Å². The molecule has 2 aromatic rings. The monoisotopic (exact) mass is 387 g/mol. The number of β-amino-alcohol motifs (C(OH)–C–C–N with tert-alkyl or cyclic N) is 1. The number of nitrogens with zero attached hydrogens (tertiary/aromatic N) is 1. The van der Waals surface area contributed by atoms with E-state index in [1.807, 2.05) is 12.1 Å². The molecule has 0 amide bonds. The van der Waals surface area contributed by atoms with Crippen LogP contribution < -0.4 is 0 Å². The summed E-state index contributed by atoms with van der Waals surface area (Å²) in [5.74, 6) is 0.262. The highest BCUT2D eigenvalue weighted by atomic mass is 32.2. The van der Waals surface area contributed by atoms with Gasteiger partial charge in [0.25, 0.3) is 0 Å². The number of fused-ring (bicyclic) bond motifs is 1. The zero-order valence-corrected chi connectivity index (χ0v) is 16.0. The Morgan fingerprint density at radius 2 is 1.67 bits per heavy atom. The molecule has 2 atom stereocenters. The lowest BCUT2D eigenvalue weighted by atomic mass is 9.99. The quantitative estimate of drug-likeness (QED) is 0.821. The van der Waals surface area contributed by atoms with Crippen molar-refractivity contribution in [1.82, 2.24) is 4.90 Å². The fourth-order valence-corrected chi connectivity index (χ4v) is 6.05. The summed E-state index contributed by atoms with van der Waals surface area (Å²) in [5.41, 5.74) is 2.63. The number of rotatable bonds is 5. The molecule has 4 rings (SSSR count). The summed E-state index contributed by atoms with van der Waals surface area (Å²) in [6, 6.07) is 14.0. The molecule has 1 saturated heterocycles. The first-order chi connectivity index (χ1) is 12.9. The van der Waals surface area contributed by atoms with E-state index in [0.717, 1.165) is 12.8 Å². The highest BCUT2D eigenvalue weighted by Gasteiger charge is 2.36. The van der Waals surface area contributed by atoms with E-state index in [2.05, 4.69) is 17.0 Å². The topological polar surface area (TPSA) is 77.8 Å². The van der Waals surface area contributed by atoms with Crippen molar-refractivity contribution in [3.8, 4) is 5.75 Å². The first-order valence-corrected chi connectivity index (χ1v) is 11.0. The van der Waals surface area contributed by atoms with E-state index in [1.54, 1.807) is 0 Å². The van der Waals surface area contributed by atoms with Crippen LogP contribution in [0.5, 0.6) is 5.75 Å². The van der Waals surface area contributed by atoms with Crippen LogP contribution in [0, 0.1) is 5.92 Å². The van der Waals surface area contributed by atoms with Gasteiger partial charge in [0.15, 0.2) is 9.84 Å². The van der Waals surface area contributed by atoms with Crippen molar-refractivity contribution in [2.24, 2.45) is 5.92 Å². The van der Waals surface area contributed by atoms with E-state index in [-0.39, 0.29) is 16.6 Å². The summed E-state index contributed by atoms with van der Waals surface area (Å²) in [5, 5.41) is 19.6. The average Bonchev–Trinajstić information content (AvgIpc) is 3.29. The van der Waals surface area contributed by atoms with Gasteiger partial charge < -0.3 is 10.2 Å². The molecule has 1 aliphatic carbocycles. The van der Waals surface area contributed by atoms with Gasteiger partial charge >= 0.3 is 0 Å². The summed E-state index contributed by atoms with van der Waals surface area (Å²) in [6.45, 7) is 1.64. The molecule has 0 bridgehead atoms. The Balaban J connectivity index is 1.36. The van der Waals surface area contributed by atoms with Crippen LogP contribution >= 0.6 is 0 Å². The number of phenols is 1. The second-order valence-electron chi connectivity index (χ2n) is 7.71. The van der Waals surface area contributed by atoms with E-state index < -0.39 is 21.2 Å². The number of aliphatic hydroxyl groups is 1. The first-order valence-electron chi connectivity index (χ1n) is 9.43. The van der Waals surface area contributed by atoms with Crippen molar-refractivity contribution in [1.29, 1.82) is 0 Å². The normalized spacial score (nSPS) is 22.0. The summed E-state index contributed by atoms with van der Waals surface area (Å²) < 4.78 is 25.6. The molecule has 0 radical (unpaired) electrons. The molecule has 144 valence electrons. The predicted octanol–water partition coefficient (Wildman–Crippen LogP) is 2.02. The summed E-state index contributed by atoms with van der Waals surface area (Å²) in [6.07, 6.45) is 1.90. The number of phenolic OH excluding ortho intramolecular Hbond substituents is 1. The second-order valence-corrected chi connectivity index (χ2v) is 9.94. The number of aromatic hydroxyl groups is 1. The maximum absolute atomic E-state index is 12.8. The van der Waals surface area contributed by atoms with Crippen LogP contribution in [0.4, 0.5) is 0 Å². The molecule has 2 aliphatic rings. The van der Waals surface area contributed by atoms with Crippen molar-refractivity contribution >= 4 is 9.84 Å². The fraction of sp³-hybridized carbons (Fsp3) is 0.429. The summed E-state index contributed by atoms with van der Waals surface area (Å²) in [7, 11) is -3.42. The molecule has 5 nitrogen and oxygen atoms in total. The third-order valence-electron chi connectivity index (χ3n) is 5.91. The summed E-state index contributed by atoms with van der Waals surface area (Å²) >= 11 is 0. The Labute approximate surface area is 160 Å².